The summed E-state index contributed by atoms with van der Waals surface area (Å²) in [6, 6.07) is 7.10. The average molecular weight is 545 g/mol. The Balaban J connectivity index is 1.51. The van der Waals surface area contributed by atoms with Gasteiger partial charge >= 0.3 is 13.7 Å². The van der Waals surface area contributed by atoms with E-state index in [-0.39, 0.29) is 30.5 Å². The highest BCUT2D eigenvalue weighted by molar-refractivity contribution is 7.52. The van der Waals surface area contributed by atoms with E-state index in [1.165, 1.54) is 6.92 Å². The monoisotopic (exact) mass is 544 g/mol. The van der Waals surface area contributed by atoms with Crippen LogP contribution in [0.2, 0.25) is 0 Å². The first-order chi connectivity index (χ1) is 18.0. The van der Waals surface area contributed by atoms with Crippen molar-refractivity contribution < 1.29 is 28.3 Å². The third-order valence-electron chi connectivity index (χ3n) is 6.18. The number of nitrogens with two attached hydrogens (primary N) is 1. The maximum atomic E-state index is 13.8. The summed E-state index contributed by atoms with van der Waals surface area (Å²) in [7, 11) is -4.10. The van der Waals surface area contributed by atoms with E-state index >= 15 is 0 Å². The van der Waals surface area contributed by atoms with Gasteiger partial charge in [0, 0.05) is 5.92 Å². The second-order valence-corrected chi connectivity index (χ2v) is 11.2. The van der Waals surface area contributed by atoms with Crippen molar-refractivity contribution in [2.24, 2.45) is 16.6 Å². The second-order valence-electron chi connectivity index (χ2n) is 9.46. The van der Waals surface area contributed by atoms with Gasteiger partial charge in [0.15, 0.2) is 11.8 Å². The molecule has 12 nitrogen and oxygen atoms in total. The van der Waals surface area contributed by atoms with Gasteiger partial charge in [0.1, 0.15) is 17.5 Å². The summed E-state index contributed by atoms with van der Waals surface area (Å²) < 4.78 is 32.3. The molecular weight excluding hydrogens is 511 g/mol. The summed E-state index contributed by atoms with van der Waals surface area (Å²) >= 11 is 0. The first-order valence-corrected chi connectivity index (χ1v) is 13.7. The molecule has 1 aromatic heterocycles. The van der Waals surface area contributed by atoms with Crippen molar-refractivity contribution in [3.63, 3.8) is 0 Å². The number of hydrogen-bond acceptors (Lipinski definition) is 10. The molecule has 1 aliphatic carbocycles. The minimum atomic E-state index is -4.10. The number of guanidine groups is 1. The van der Waals surface area contributed by atoms with Crippen molar-refractivity contribution in [2.45, 2.75) is 51.5 Å². The van der Waals surface area contributed by atoms with Crippen LogP contribution in [-0.4, -0.2) is 51.4 Å². The van der Waals surface area contributed by atoms with Gasteiger partial charge in [0.05, 0.1) is 36.9 Å². The number of imidazole rings is 1. The summed E-state index contributed by atoms with van der Waals surface area (Å²) in [6.07, 6.45) is 0.695. The summed E-state index contributed by atoms with van der Waals surface area (Å²) in [5.74, 6) is -0.221. The molecule has 0 bridgehead atoms. The molecule has 13 heteroatoms. The largest absolute Gasteiger partial charge is 0.462 e. The Bertz CT molecular complexity index is 1290. The zero-order valence-corrected chi connectivity index (χ0v) is 22.4. The van der Waals surface area contributed by atoms with E-state index in [0.29, 0.717) is 29.2 Å². The summed E-state index contributed by atoms with van der Waals surface area (Å²) in [6.45, 7) is 12.9. The molecule has 1 aliphatic heterocycles. The number of aliphatic hydroxyl groups excluding tert-OH is 1. The number of ether oxygens (including phenoxy) is 1. The zero-order chi connectivity index (χ0) is 27.6. The Morgan fingerprint density at radius 2 is 2.03 bits per heavy atom. The Morgan fingerprint density at radius 1 is 1.32 bits per heavy atom. The van der Waals surface area contributed by atoms with Crippen LogP contribution in [0.4, 0.5) is 5.82 Å². The van der Waals surface area contributed by atoms with Gasteiger partial charge in [0.25, 0.3) is 0 Å². The molecule has 5 N–H and O–H groups in total. The number of esters is 1. The highest BCUT2D eigenvalue weighted by Gasteiger charge is 2.42. The zero-order valence-electron chi connectivity index (χ0n) is 21.5. The number of carbonyl (C=O) groups is 1. The van der Waals surface area contributed by atoms with Crippen LogP contribution in [0, 0.1) is 5.92 Å². The lowest BCUT2D eigenvalue weighted by molar-refractivity contribution is -0.149. The number of para-hydroxylation sites is 1. The Hall–Kier alpha value is -3.44. The molecule has 1 saturated carbocycles. The average Bonchev–Trinajstić information content (AvgIpc) is 3.38. The molecule has 38 heavy (non-hydrogen) atoms. The van der Waals surface area contributed by atoms with Crippen LogP contribution in [0.1, 0.15) is 38.9 Å². The van der Waals surface area contributed by atoms with Gasteiger partial charge in [-0.05, 0) is 44.9 Å². The number of fused-ring (bicyclic) bond motifs is 1. The third-order valence-corrected chi connectivity index (χ3v) is 7.82. The fraction of sp³-hybridized carbons (Fsp3) is 0.400. The molecule has 1 fully saturated rings. The topological polar surface area (TPSA) is 162 Å². The molecule has 2 aromatic rings. The normalized spacial score (nSPS) is 23.3. The van der Waals surface area contributed by atoms with Crippen molar-refractivity contribution >= 4 is 31.2 Å². The highest BCUT2D eigenvalue weighted by atomic mass is 31.2. The Labute approximate surface area is 221 Å². The number of benzene rings is 1. The van der Waals surface area contributed by atoms with E-state index in [2.05, 4.69) is 33.5 Å². The molecule has 0 saturated heterocycles. The van der Waals surface area contributed by atoms with E-state index in [1.54, 1.807) is 55.1 Å². The van der Waals surface area contributed by atoms with Crippen molar-refractivity contribution in [1.29, 1.82) is 0 Å². The molecule has 5 atom stereocenters. The summed E-state index contributed by atoms with van der Waals surface area (Å²) in [5.41, 5.74) is 7.56. The van der Waals surface area contributed by atoms with Gasteiger partial charge in [-0.2, -0.15) is 10.1 Å². The fourth-order valence-electron chi connectivity index (χ4n) is 4.32. The molecule has 0 spiro atoms. The molecule has 2 unspecified atom stereocenters. The lowest BCUT2D eigenvalue weighted by Crippen LogP contribution is -2.36. The first kappa shape index (κ1) is 27.6. The van der Waals surface area contributed by atoms with E-state index in [9.17, 15) is 14.5 Å². The van der Waals surface area contributed by atoms with E-state index in [1.807, 2.05) is 0 Å². The van der Waals surface area contributed by atoms with Gasteiger partial charge in [-0.25, -0.2) is 9.55 Å². The standard InChI is InChI=1S/C25H33N6O6P/c1-14(2)36-24(33)17(5)30-38(34,37-18-9-7-6-8-10-18)35-12-19-15(3)20(11-21(19)32)31-13-27-22-16(4)28-25(26)29-23(22)31/h6-10,13-14,17,19-21,32H,3-4,11-12H2,1-2,5H3,(H,30,34)(H3,26,28,29)/t17?,19-,20-,21-,38?/m0/s1. The van der Waals surface area contributed by atoms with Gasteiger partial charge in [0.2, 0.25) is 0 Å². The number of carbonyl (C=O) groups excluding carboxylic acids is 1. The number of hydrogen-bond donors (Lipinski definition) is 4. The fourth-order valence-corrected chi connectivity index (χ4v) is 5.84. The van der Waals surface area contributed by atoms with Crippen molar-refractivity contribution in [1.82, 2.24) is 20.0 Å². The maximum Gasteiger partial charge on any atom is 0.459 e. The summed E-state index contributed by atoms with van der Waals surface area (Å²) in [5, 5.41) is 16.4. The van der Waals surface area contributed by atoms with Crippen LogP contribution in [0.25, 0.3) is 5.70 Å². The van der Waals surface area contributed by atoms with Crippen LogP contribution < -0.4 is 20.7 Å². The van der Waals surface area contributed by atoms with Crippen LogP contribution in [-0.2, 0) is 18.6 Å². The molecule has 2 aliphatic rings. The molecule has 0 radical (unpaired) electrons. The van der Waals surface area contributed by atoms with Gasteiger partial charge in [-0.3, -0.25) is 9.32 Å². The SMILES string of the molecule is C=C1NC(N)=Nc2c1ncn2[C@H]1C[C@H](O)[C@@H](COP(=O)(NC(C)C(=O)OC(C)C)Oc2ccccc2)C1=C. The molecule has 1 aromatic carbocycles. The van der Waals surface area contributed by atoms with Crippen molar-refractivity contribution in [3.05, 3.63) is 61.1 Å². The Morgan fingerprint density at radius 3 is 2.71 bits per heavy atom. The van der Waals surface area contributed by atoms with Gasteiger partial charge in [-0.15, -0.1) is 0 Å². The van der Waals surface area contributed by atoms with Crippen LogP contribution in [0.5, 0.6) is 5.75 Å². The number of aliphatic hydroxyl groups is 1. The quantitative estimate of drug-likeness (QED) is 0.199. The highest BCUT2D eigenvalue weighted by Crippen LogP contribution is 2.48. The molecular formula is C25H33N6O6P. The lowest BCUT2D eigenvalue weighted by Gasteiger charge is -2.25. The molecule has 4 rings (SSSR count). The molecule has 204 valence electrons. The number of nitrogens with one attached hydrogen (secondary N) is 2. The van der Waals surface area contributed by atoms with Gasteiger partial charge in [-0.1, -0.05) is 31.4 Å². The minimum absolute atomic E-state index is 0.184. The van der Waals surface area contributed by atoms with Crippen LogP contribution in [0.15, 0.2) is 60.4 Å². The van der Waals surface area contributed by atoms with Crippen LogP contribution >= 0.6 is 7.75 Å². The van der Waals surface area contributed by atoms with E-state index in [4.69, 9.17) is 19.5 Å². The maximum absolute atomic E-state index is 13.8. The smallest absolute Gasteiger partial charge is 0.459 e. The number of rotatable bonds is 10. The number of nitrogens with zero attached hydrogens (tertiary/aromatic N) is 3. The van der Waals surface area contributed by atoms with Crippen molar-refractivity contribution in [3.8, 4) is 5.75 Å². The third kappa shape index (κ3) is 5.99. The predicted octanol–water partition coefficient (Wildman–Crippen LogP) is 3.01. The van der Waals surface area contributed by atoms with Crippen LogP contribution in [0.3, 0.4) is 0 Å². The number of aromatic nitrogens is 2. The Kier molecular flexibility index (Phi) is 8.08. The predicted molar refractivity (Wildman–Crippen MR) is 142 cm³/mol. The first-order valence-electron chi connectivity index (χ1n) is 12.2. The van der Waals surface area contributed by atoms with Gasteiger partial charge < -0.3 is 30.0 Å². The molecule has 0 amide bonds. The minimum Gasteiger partial charge on any atom is -0.462 e. The lowest BCUT2D eigenvalue weighted by atomic mass is 10.0. The molecule has 2 heterocycles. The second kappa shape index (κ2) is 11.1. The van der Waals surface area contributed by atoms with Crippen molar-refractivity contribution in [2.75, 3.05) is 6.61 Å². The van der Waals surface area contributed by atoms with E-state index in [0.717, 1.165) is 0 Å². The summed E-state index contributed by atoms with van der Waals surface area (Å²) in [4.78, 5) is 21.1. The van der Waals surface area contributed by atoms with E-state index < -0.39 is 31.8 Å². The number of aliphatic imine (C=N–C) groups is 1.